The van der Waals surface area contributed by atoms with E-state index in [0.29, 0.717) is 35.3 Å². The molecule has 2 heterocycles. The van der Waals surface area contributed by atoms with Crippen molar-refractivity contribution in [2.24, 2.45) is 0 Å². The number of rotatable bonds is 6. The van der Waals surface area contributed by atoms with Crippen LogP contribution in [0.4, 0.5) is 11.6 Å². The van der Waals surface area contributed by atoms with Gasteiger partial charge in [0.1, 0.15) is 24.7 Å². The van der Waals surface area contributed by atoms with Crippen molar-refractivity contribution in [3.8, 4) is 5.75 Å². The Bertz CT molecular complexity index is 1350. The Morgan fingerprint density at radius 1 is 1.09 bits per heavy atom. The number of anilines is 2. The molecule has 0 bridgehead atoms. The minimum absolute atomic E-state index is 0.226. The van der Waals surface area contributed by atoms with Crippen molar-refractivity contribution >= 4 is 33.5 Å². The molecule has 1 amide bonds. The van der Waals surface area contributed by atoms with E-state index in [1.807, 2.05) is 85.8 Å². The summed E-state index contributed by atoms with van der Waals surface area (Å²) in [6.07, 6.45) is 1.48. The van der Waals surface area contributed by atoms with Gasteiger partial charge >= 0.3 is 0 Å². The second kappa shape index (κ2) is 9.52. The van der Waals surface area contributed by atoms with E-state index in [2.05, 4.69) is 36.6 Å². The highest BCUT2D eigenvalue weighted by atomic mass is 79.9. The van der Waals surface area contributed by atoms with E-state index in [-0.39, 0.29) is 5.91 Å². The molecule has 34 heavy (non-hydrogen) atoms. The first-order valence-electron chi connectivity index (χ1n) is 10.8. The van der Waals surface area contributed by atoms with E-state index in [1.54, 1.807) is 4.68 Å². The number of fused-ring (bicyclic) bond motifs is 1. The summed E-state index contributed by atoms with van der Waals surface area (Å²) in [4.78, 5) is 17.9. The minimum atomic E-state index is -0.536. The molecule has 5 rings (SSSR count). The van der Waals surface area contributed by atoms with Gasteiger partial charge in [0, 0.05) is 21.4 Å². The molecule has 0 saturated heterocycles. The molecule has 0 radical (unpaired) electrons. The Labute approximate surface area is 205 Å². The van der Waals surface area contributed by atoms with Gasteiger partial charge in [-0.1, -0.05) is 64.5 Å². The third-order valence-corrected chi connectivity index (χ3v) is 6.07. The normalized spacial score (nSPS) is 14.8. The summed E-state index contributed by atoms with van der Waals surface area (Å²) < 4.78 is 8.83. The van der Waals surface area contributed by atoms with Gasteiger partial charge in [-0.05, 0) is 42.8 Å². The van der Waals surface area contributed by atoms with Gasteiger partial charge in [0.05, 0.1) is 5.57 Å². The lowest BCUT2D eigenvalue weighted by Crippen LogP contribution is -2.31. The largest absolute Gasteiger partial charge is 0.489 e. The molecule has 1 aromatic heterocycles. The number of hydrogen-bond donors (Lipinski definition) is 2. The van der Waals surface area contributed by atoms with Crippen molar-refractivity contribution in [2.45, 2.75) is 19.6 Å². The first kappa shape index (κ1) is 21.9. The highest BCUT2D eigenvalue weighted by molar-refractivity contribution is 9.10. The number of nitrogens with one attached hydrogen (secondary N) is 2. The van der Waals surface area contributed by atoms with Crippen LogP contribution in [-0.4, -0.2) is 20.7 Å². The third-order valence-electron chi connectivity index (χ3n) is 5.57. The maximum absolute atomic E-state index is 13.5. The van der Waals surface area contributed by atoms with Crippen molar-refractivity contribution in [2.75, 3.05) is 10.6 Å². The number of ether oxygens (including phenoxy) is 1. The van der Waals surface area contributed by atoms with E-state index < -0.39 is 6.04 Å². The fourth-order valence-corrected chi connectivity index (χ4v) is 4.37. The van der Waals surface area contributed by atoms with Gasteiger partial charge < -0.3 is 15.4 Å². The summed E-state index contributed by atoms with van der Waals surface area (Å²) in [6, 6.07) is 24.6. The smallest absolute Gasteiger partial charge is 0.255 e. The van der Waals surface area contributed by atoms with Crippen LogP contribution >= 0.6 is 15.9 Å². The summed E-state index contributed by atoms with van der Waals surface area (Å²) in [7, 11) is 0. The molecule has 0 saturated carbocycles. The summed E-state index contributed by atoms with van der Waals surface area (Å²) in [5.41, 5.74) is 3.80. The number of aromatic nitrogens is 3. The van der Waals surface area contributed by atoms with Gasteiger partial charge in [0.25, 0.3) is 5.91 Å². The lowest BCUT2D eigenvalue weighted by molar-refractivity contribution is -0.113. The van der Waals surface area contributed by atoms with Crippen LogP contribution < -0.4 is 15.4 Å². The Balaban J connectivity index is 1.56. The van der Waals surface area contributed by atoms with Crippen LogP contribution in [0, 0.1) is 0 Å². The van der Waals surface area contributed by atoms with Gasteiger partial charge in [-0.25, -0.2) is 4.68 Å². The fourth-order valence-electron chi connectivity index (χ4n) is 3.99. The van der Waals surface area contributed by atoms with Crippen molar-refractivity contribution in [3.63, 3.8) is 0 Å². The van der Waals surface area contributed by atoms with Crippen molar-refractivity contribution in [1.82, 2.24) is 14.8 Å². The SMILES string of the molecule is CC1=C(C(=O)Nc2ccccc2)[C@H](c2cc(Br)ccc2OCc2ccccc2)n2ncnc2N1. The number of para-hydroxylation sites is 1. The quantitative estimate of drug-likeness (QED) is 0.352. The van der Waals surface area contributed by atoms with Crippen LogP contribution in [0.2, 0.25) is 0 Å². The molecular weight excluding hydrogens is 494 g/mol. The molecule has 2 N–H and O–H groups in total. The summed E-state index contributed by atoms with van der Waals surface area (Å²) in [5, 5.41) is 10.6. The lowest BCUT2D eigenvalue weighted by Gasteiger charge is -2.30. The Morgan fingerprint density at radius 2 is 1.82 bits per heavy atom. The molecule has 1 atom stereocenters. The number of hydrogen-bond acceptors (Lipinski definition) is 5. The maximum atomic E-state index is 13.5. The van der Waals surface area contributed by atoms with Crippen LogP contribution in [0.25, 0.3) is 0 Å². The molecule has 0 aliphatic carbocycles. The van der Waals surface area contributed by atoms with Crippen LogP contribution in [0.1, 0.15) is 24.1 Å². The average Bonchev–Trinajstić information content (AvgIpc) is 3.31. The first-order chi connectivity index (χ1) is 16.6. The Hall–Kier alpha value is -3.91. The highest BCUT2D eigenvalue weighted by Gasteiger charge is 2.35. The van der Waals surface area contributed by atoms with Crippen molar-refractivity contribution < 1.29 is 9.53 Å². The van der Waals surface area contributed by atoms with Crippen LogP contribution in [0.3, 0.4) is 0 Å². The number of halogens is 1. The molecular formula is C26H22BrN5O2. The average molecular weight is 516 g/mol. The molecule has 0 fully saturated rings. The second-order valence-electron chi connectivity index (χ2n) is 7.87. The third kappa shape index (κ3) is 4.45. The van der Waals surface area contributed by atoms with Gasteiger partial charge in [0.2, 0.25) is 5.95 Å². The summed E-state index contributed by atoms with van der Waals surface area (Å²) in [6.45, 7) is 2.27. The molecule has 170 valence electrons. The zero-order valence-electron chi connectivity index (χ0n) is 18.4. The molecule has 3 aromatic carbocycles. The van der Waals surface area contributed by atoms with Gasteiger partial charge in [0.15, 0.2) is 0 Å². The highest BCUT2D eigenvalue weighted by Crippen LogP contribution is 2.40. The van der Waals surface area contributed by atoms with E-state index in [0.717, 1.165) is 15.6 Å². The molecule has 1 aliphatic heterocycles. The monoisotopic (exact) mass is 515 g/mol. The zero-order valence-corrected chi connectivity index (χ0v) is 20.0. The predicted molar refractivity (Wildman–Crippen MR) is 134 cm³/mol. The molecule has 0 spiro atoms. The van der Waals surface area contributed by atoms with E-state index in [4.69, 9.17) is 4.74 Å². The number of amides is 1. The topological polar surface area (TPSA) is 81.1 Å². The molecule has 0 unspecified atom stereocenters. The first-order valence-corrected chi connectivity index (χ1v) is 11.6. The summed E-state index contributed by atoms with van der Waals surface area (Å²) in [5.74, 6) is 1.00. The van der Waals surface area contributed by atoms with Crippen LogP contribution in [0.15, 0.2) is 101 Å². The van der Waals surface area contributed by atoms with E-state index in [1.165, 1.54) is 6.33 Å². The van der Waals surface area contributed by atoms with Crippen LogP contribution in [0.5, 0.6) is 5.75 Å². The Kier molecular flexibility index (Phi) is 6.14. The molecule has 7 nitrogen and oxygen atoms in total. The van der Waals surface area contributed by atoms with E-state index in [9.17, 15) is 4.79 Å². The predicted octanol–water partition coefficient (Wildman–Crippen LogP) is 5.55. The van der Waals surface area contributed by atoms with Gasteiger partial charge in [-0.2, -0.15) is 10.1 Å². The minimum Gasteiger partial charge on any atom is -0.489 e. The fraction of sp³-hybridized carbons (Fsp3) is 0.115. The zero-order chi connectivity index (χ0) is 23.5. The lowest BCUT2D eigenvalue weighted by atomic mass is 9.94. The standard InChI is InChI=1S/C26H22BrN5O2/c1-17-23(25(33)31-20-10-6-3-7-11-20)24(32-26(30-17)28-16-29-32)21-14-19(27)12-13-22(21)34-15-18-8-4-2-5-9-18/h2-14,16,24H,15H2,1H3,(H,31,33)(H,28,29,30)/t24-/m0/s1. The number of carbonyl (C=O) groups is 1. The Morgan fingerprint density at radius 3 is 2.59 bits per heavy atom. The van der Waals surface area contributed by atoms with Gasteiger partial charge in [-0.15, -0.1) is 0 Å². The van der Waals surface area contributed by atoms with Crippen molar-refractivity contribution in [1.29, 1.82) is 0 Å². The second-order valence-corrected chi connectivity index (χ2v) is 8.79. The molecule has 1 aliphatic rings. The van der Waals surface area contributed by atoms with Gasteiger partial charge in [-0.3, -0.25) is 4.79 Å². The number of benzene rings is 3. The number of nitrogens with zero attached hydrogens (tertiary/aromatic N) is 3. The molecule has 4 aromatic rings. The van der Waals surface area contributed by atoms with Crippen LogP contribution in [-0.2, 0) is 11.4 Å². The van der Waals surface area contributed by atoms with Crippen molar-refractivity contribution in [3.05, 3.63) is 112 Å². The number of allylic oxidation sites excluding steroid dienone is 1. The summed E-state index contributed by atoms with van der Waals surface area (Å²) >= 11 is 3.58. The number of carbonyl (C=O) groups excluding carboxylic acids is 1. The maximum Gasteiger partial charge on any atom is 0.255 e. The van der Waals surface area contributed by atoms with E-state index >= 15 is 0 Å². The molecule has 8 heteroatoms.